The normalized spacial score (nSPS) is 10.5. The van der Waals surface area contributed by atoms with E-state index in [9.17, 15) is 0 Å². The van der Waals surface area contributed by atoms with E-state index in [4.69, 9.17) is 5.11 Å². The number of anilines is 1. The first-order valence-corrected chi connectivity index (χ1v) is 6.67. The Bertz CT molecular complexity index is 333. The van der Waals surface area contributed by atoms with Gasteiger partial charge in [0.15, 0.2) is 5.16 Å². The van der Waals surface area contributed by atoms with Gasteiger partial charge in [0.2, 0.25) is 0 Å². The minimum Gasteiger partial charge on any atom is -0.396 e. The fraction of sp³-hybridized carbons (Fsp3) is 0.636. The van der Waals surface area contributed by atoms with Crippen LogP contribution >= 0.6 is 11.8 Å². The fourth-order valence-corrected chi connectivity index (χ4v) is 1.83. The van der Waals surface area contributed by atoms with E-state index in [1.165, 1.54) is 11.8 Å². The number of hydrogen-bond acceptors (Lipinski definition) is 5. The number of rotatable bonds is 6. The summed E-state index contributed by atoms with van der Waals surface area (Å²) >= 11 is 1.53. The van der Waals surface area contributed by atoms with Gasteiger partial charge < -0.3 is 10.0 Å². The second kappa shape index (κ2) is 6.70. The maximum absolute atomic E-state index is 8.94. The summed E-state index contributed by atoms with van der Waals surface area (Å²) in [7, 11) is 2.03. The van der Waals surface area contributed by atoms with Crippen molar-refractivity contribution in [3.8, 4) is 0 Å². The van der Waals surface area contributed by atoms with Gasteiger partial charge in [0, 0.05) is 38.4 Å². The molecule has 5 heteroatoms. The average Bonchev–Trinajstić information content (AvgIpc) is 2.29. The molecule has 0 fully saturated rings. The largest absolute Gasteiger partial charge is 0.396 e. The first-order valence-electron chi connectivity index (χ1n) is 5.45. The lowest BCUT2D eigenvalue weighted by Crippen LogP contribution is -2.20. The van der Waals surface area contributed by atoms with E-state index in [2.05, 4.69) is 21.8 Å². The van der Waals surface area contributed by atoms with Gasteiger partial charge in [-0.25, -0.2) is 9.97 Å². The molecule has 1 heterocycles. The van der Waals surface area contributed by atoms with Crippen molar-refractivity contribution in [2.75, 3.05) is 31.4 Å². The molecule has 1 aromatic heterocycles. The predicted molar refractivity (Wildman–Crippen MR) is 68.2 cm³/mol. The molecular formula is C11H19N3OS. The monoisotopic (exact) mass is 241 g/mol. The highest BCUT2D eigenvalue weighted by molar-refractivity contribution is 7.98. The van der Waals surface area contributed by atoms with Crippen molar-refractivity contribution in [2.45, 2.75) is 24.9 Å². The van der Waals surface area contributed by atoms with E-state index < -0.39 is 0 Å². The molecular weight excluding hydrogens is 222 g/mol. The summed E-state index contributed by atoms with van der Waals surface area (Å²) in [5.41, 5.74) is 0.903. The zero-order valence-corrected chi connectivity index (χ0v) is 10.9. The van der Waals surface area contributed by atoms with Crippen molar-refractivity contribution in [1.29, 1.82) is 0 Å². The average molecular weight is 241 g/mol. The maximum atomic E-state index is 8.94. The molecule has 1 aromatic rings. The van der Waals surface area contributed by atoms with Crippen molar-refractivity contribution >= 4 is 17.6 Å². The van der Waals surface area contributed by atoms with Crippen molar-refractivity contribution in [3.63, 3.8) is 0 Å². The first kappa shape index (κ1) is 13.3. The molecule has 0 aliphatic carbocycles. The standard InChI is InChI=1S/C11H19N3OS/c1-4-6-14(2)10-8-9(5-7-15)12-11(13-10)16-3/h8,15H,4-7H2,1-3H3. The highest BCUT2D eigenvalue weighted by Crippen LogP contribution is 2.17. The van der Waals surface area contributed by atoms with Gasteiger partial charge in [-0.3, -0.25) is 0 Å². The summed E-state index contributed by atoms with van der Waals surface area (Å²) in [5.74, 6) is 0.935. The van der Waals surface area contributed by atoms with Gasteiger partial charge in [-0.2, -0.15) is 0 Å². The number of thioether (sulfide) groups is 1. The number of hydrogen-bond donors (Lipinski definition) is 1. The van der Waals surface area contributed by atoms with Crippen molar-refractivity contribution in [3.05, 3.63) is 11.8 Å². The van der Waals surface area contributed by atoms with E-state index in [1.54, 1.807) is 0 Å². The van der Waals surface area contributed by atoms with Crippen molar-refractivity contribution in [1.82, 2.24) is 9.97 Å². The Morgan fingerprint density at radius 3 is 2.75 bits per heavy atom. The molecule has 90 valence electrons. The molecule has 16 heavy (non-hydrogen) atoms. The molecule has 1 N–H and O–H groups in total. The van der Waals surface area contributed by atoms with Crippen LogP contribution in [-0.4, -0.2) is 41.5 Å². The van der Waals surface area contributed by atoms with Gasteiger partial charge in [0.25, 0.3) is 0 Å². The first-order chi connectivity index (χ1) is 7.71. The molecule has 0 aliphatic rings. The number of aromatic nitrogens is 2. The summed E-state index contributed by atoms with van der Waals surface area (Å²) in [5, 5.41) is 9.70. The third-order valence-corrected chi connectivity index (χ3v) is 2.79. The highest BCUT2D eigenvalue weighted by Gasteiger charge is 2.07. The molecule has 0 atom stereocenters. The second-order valence-corrected chi connectivity index (χ2v) is 4.37. The Balaban J connectivity index is 2.93. The molecule has 0 bridgehead atoms. The summed E-state index contributed by atoms with van der Waals surface area (Å²) in [4.78, 5) is 10.9. The van der Waals surface area contributed by atoms with Crippen LogP contribution in [-0.2, 0) is 6.42 Å². The SMILES string of the molecule is CCCN(C)c1cc(CCO)nc(SC)n1. The van der Waals surface area contributed by atoms with Crippen molar-refractivity contribution in [2.24, 2.45) is 0 Å². The van der Waals surface area contributed by atoms with Crippen LogP contribution in [0, 0.1) is 0 Å². The van der Waals surface area contributed by atoms with Gasteiger partial charge in [-0.05, 0) is 12.7 Å². The Morgan fingerprint density at radius 2 is 2.19 bits per heavy atom. The van der Waals surface area contributed by atoms with Gasteiger partial charge in [0.1, 0.15) is 5.82 Å². The second-order valence-electron chi connectivity index (χ2n) is 3.60. The Hall–Kier alpha value is -0.810. The zero-order valence-electron chi connectivity index (χ0n) is 10.1. The van der Waals surface area contributed by atoms with Crippen molar-refractivity contribution < 1.29 is 5.11 Å². The Labute approximate surface area is 101 Å². The smallest absolute Gasteiger partial charge is 0.189 e. The van der Waals surface area contributed by atoms with Crippen LogP contribution in [0.1, 0.15) is 19.0 Å². The van der Waals surface area contributed by atoms with Gasteiger partial charge in [-0.1, -0.05) is 18.7 Å². The highest BCUT2D eigenvalue weighted by atomic mass is 32.2. The van der Waals surface area contributed by atoms with E-state index in [1.807, 2.05) is 19.4 Å². The molecule has 0 amide bonds. The minimum atomic E-state index is 0.127. The third kappa shape index (κ3) is 3.64. The molecule has 4 nitrogen and oxygen atoms in total. The number of aliphatic hydroxyl groups is 1. The summed E-state index contributed by atoms with van der Waals surface area (Å²) in [6, 6.07) is 1.95. The van der Waals surface area contributed by atoms with Crippen LogP contribution in [0.2, 0.25) is 0 Å². The van der Waals surface area contributed by atoms with Gasteiger partial charge >= 0.3 is 0 Å². The molecule has 0 saturated heterocycles. The Morgan fingerprint density at radius 1 is 1.44 bits per heavy atom. The summed E-state index contributed by atoms with van der Waals surface area (Å²) in [6.07, 6.45) is 3.63. The van der Waals surface area contributed by atoms with Crippen LogP contribution in [0.4, 0.5) is 5.82 Å². The molecule has 0 radical (unpaired) electrons. The summed E-state index contributed by atoms with van der Waals surface area (Å²) in [6.45, 7) is 3.24. The number of aliphatic hydroxyl groups excluding tert-OH is 1. The van der Waals surface area contributed by atoms with Crippen LogP contribution in [0.3, 0.4) is 0 Å². The zero-order chi connectivity index (χ0) is 12.0. The molecule has 0 aromatic carbocycles. The Kier molecular flexibility index (Phi) is 5.55. The quantitative estimate of drug-likeness (QED) is 0.605. The minimum absolute atomic E-state index is 0.127. The third-order valence-electron chi connectivity index (χ3n) is 2.25. The van der Waals surface area contributed by atoms with Crippen LogP contribution < -0.4 is 4.90 Å². The van der Waals surface area contributed by atoms with Crippen LogP contribution in [0.5, 0.6) is 0 Å². The van der Waals surface area contributed by atoms with E-state index in [0.717, 1.165) is 29.6 Å². The summed E-state index contributed by atoms with van der Waals surface area (Å²) < 4.78 is 0. The van der Waals surface area contributed by atoms with Crippen LogP contribution in [0.15, 0.2) is 11.2 Å². The predicted octanol–water partition coefficient (Wildman–Crippen LogP) is 1.58. The topological polar surface area (TPSA) is 49.2 Å². The molecule has 0 saturated carbocycles. The van der Waals surface area contributed by atoms with Crippen LogP contribution in [0.25, 0.3) is 0 Å². The lowest BCUT2D eigenvalue weighted by molar-refractivity contribution is 0.298. The lowest BCUT2D eigenvalue weighted by atomic mass is 10.3. The number of nitrogens with zero attached hydrogens (tertiary/aromatic N) is 3. The lowest BCUT2D eigenvalue weighted by Gasteiger charge is -2.18. The molecule has 0 spiro atoms. The van der Waals surface area contributed by atoms with E-state index >= 15 is 0 Å². The van der Waals surface area contributed by atoms with E-state index in [-0.39, 0.29) is 6.61 Å². The van der Waals surface area contributed by atoms with Gasteiger partial charge in [-0.15, -0.1) is 0 Å². The van der Waals surface area contributed by atoms with E-state index in [0.29, 0.717) is 6.42 Å². The van der Waals surface area contributed by atoms with Gasteiger partial charge in [0.05, 0.1) is 0 Å². The molecule has 0 aliphatic heterocycles. The maximum Gasteiger partial charge on any atom is 0.189 e. The molecule has 0 unspecified atom stereocenters. The fourth-order valence-electron chi connectivity index (χ4n) is 1.44. The molecule has 1 rings (SSSR count).